The molecule has 1 unspecified atom stereocenters. The molecule has 3 aromatic rings. The number of rotatable bonds is 8. The van der Waals surface area contributed by atoms with Gasteiger partial charge in [0, 0.05) is 24.3 Å². The number of sulfonamides is 1. The zero-order chi connectivity index (χ0) is 25.9. The first kappa shape index (κ1) is 25.7. The van der Waals surface area contributed by atoms with Crippen LogP contribution in [-0.2, 0) is 14.8 Å². The van der Waals surface area contributed by atoms with Crippen molar-refractivity contribution in [2.45, 2.75) is 30.8 Å². The Morgan fingerprint density at radius 2 is 1.89 bits per heavy atom. The van der Waals surface area contributed by atoms with E-state index in [9.17, 15) is 23.1 Å². The fourth-order valence-corrected chi connectivity index (χ4v) is 5.11. The van der Waals surface area contributed by atoms with E-state index in [0.29, 0.717) is 35.1 Å². The number of primary sulfonamides is 1. The topological polar surface area (TPSA) is 183 Å². The molecule has 0 saturated carbocycles. The van der Waals surface area contributed by atoms with Gasteiger partial charge in [0.2, 0.25) is 15.9 Å². The molecule has 0 bridgehead atoms. The van der Waals surface area contributed by atoms with E-state index >= 15 is 0 Å². The Morgan fingerprint density at radius 3 is 2.53 bits per heavy atom. The number of hydrogen-bond donors (Lipinski definition) is 5. The fourth-order valence-electron chi connectivity index (χ4n) is 4.42. The SMILES string of the molecule is NS(=O)(=O)CCC(NC(=O)C1(NC(=O)O)CCN(c2ncnc3[nH]ccc23)CC1)c1ccc(Cl)cc1. The van der Waals surface area contributed by atoms with Gasteiger partial charge in [-0.3, -0.25) is 4.79 Å². The summed E-state index contributed by atoms with van der Waals surface area (Å²) in [5, 5.41) is 21.3. The van der Waals surface area contributed by atoms with Crippen molar-refractivity contribution in [3.05, 3.63) is 53.4 Å². The third-order valence-corrected chi connectivity index (χ3v) is 7.36. The summed E-state index contributed by atoms with van der Waals surface area (Å²) in [6.07, 6.45) is 2.22. The van der Waals surface area contributed by atoms with Crippen molar-refractivity contribution in [1.82, 2.24) is 25.6 Å². The number of carboxylic acid groups (broad SMARTS) is 1. The minimum Gasteiger partial charge on any atom is -0.465 e. The zero-order valence-electron chi connectivity index (χ0n) is 19.1. The van der Waals surface area contributed by atoms with E-state index in [1.165, 1.54) is 6.33 Å². The normalized spacial score (nSPS) is 16.4. The molecule has 36 heavy (non-hydrogen) atoms. The minimum absolute atomic E-state index is 0.00783. The zero-order valence-corrected chi connectivity index (χ0v) is 20.7. The first-order chi connectivity index (χ1) is 17.1. The number of amides is 2. The fraction of sp³-hybridized carbons (Fsp3) is 0.364. The van der Waals surface area contributed by atoms with Crippen molar-refractivity contribution in [1.29, 1.82) is 0 Å². The summed E-state index contributed by atoms with van der Waals surface area (Å²) in [4.78, 5) is 38.8. The molecule has 192 valence electrons. The molecule has 3 heterocycles. The van der Waals surface area contributed by atoms with E-state index in [2.05, 4.69) is 25.6 Å². The smallest absolute Gasteiger partial charge is 0.405 e. The minimum atomic E-state index is -3.79. The van der Waals surface area contributed by atoms with Crippen LogP contribution in [0.1, 0.15) is 30.9 Å². The molecule has 2 aromatic heterocycles. The summed E-state index contributed by atoms with van der Waals surface area (Å²) < 4.78 is 23.2. The number of hydrogen-bond acceptors (Lipinski definition) is 7. The van der Waals surface area contributed by atoms with Crippen molar-refractivity contribution in [3.63, 3.8) is 0 Å². The molecule has 0 radical (unpaired) electrons. The van der Waals surface area contributed by atoms with Crippen LogP contribution < -0.4 is 20.7 Å². The molecule has 2 amide bonds. The quantitative estimate of drug-likeness (QED) is 0.289. The molecule has 1 aliphatic rings. The van der Waals surface area contributed by atoms with Gasteiger partial charge in [0.05, 0.1) is 17.2 Å². The molecule has 1 atom stereocenters. The molecule has 1 aliphatic heterocycles. The van der Waals surface area contributed by atoms with Gasteiger partial charge in [-0.25, -0.2) is 28.3 Å². The van der Waals surface area contributed by atoms with Crippen LogP contribution in [0, 0.1) is 0 Å². The Bertz CT molecular complexity index is 1350. The van der Waals surface area contributed by atoms with Crippen LogP contribution in [0.3, 0.4) is 0 Å². The number of nitrogens with one attached hydrogen (secondary N) is 3. The Morgan fingerprint density at radius 1 is 1.19 bits per heavy atom. The number of aromatic amines is 1. The van der Waals surface area contributed by atoms with Gasteiger partial charge in [-0.2, -0.15) is 0 Å². The number of piperidine rings is 1. The van der Waals surface area contributed by atoms with Gasteiger partial charge in [0.25, 0.3) is 0 Å². The van der Waals surface area contributed by atoms with Crippen LogP contribution in [0.15, 0.2) is 42.9 Å². The van der Waals surface area contributed by atoms with Crippen LogP contribution in [-0.4, -0.2) is 64.9 Å². The van der Waals surface area contributed by atoms with Crippen LogP contribution >= 0.6 is 11.6 Å². The highest BCUT2D eigenvalue weighted by Crippen LogP contribution is 2.30. The summed E-state index contributed by atoms with van der Waals surface area (Å²) >= 11 is 5.97. The largest absolute Gasteiger partial charge is 0.465 e. The molecule has 1 fully saturated rings. The van der Waals surface area contributed by atoms with E-state index in [4.69, 9.17) is 16.7 Å². The number of anilines is 1. The maximum absolute atomic E-state index is 13.6. The van der Waals surface area contributed by atoms with E-state index in [1.807, 2.05) is 11.0 Å². The van der Waals surface area contributed by atoms with Gasteiger partial charge in [0.1, 0.15) is 23.3 Å². The summed E-state index contributed by atoms with van der Waals surface area (Å²) in [6.45, 7) is 0.710. The highest BCUT2D eigenvalue weighted by molar-refractivity contribution is 7.89. The van der Waals surface area contributed by atoms with Crippen molar-refractivity contribution in [2.24, 2.45) is 5.14 Å². The number of nitrogens with two attached hydrogens (primary N) is 1. The number of halogens is 1. The Kier molecular flexibility index (Phi) is 7.33. The predicted octanol–water partition coefficient (Wildman–Crippen LogP) is 1.75. The molecule has 0 spiro atoms. The lowest BCUT2D eigenvalue weighted by Crippen LogP contribution is -2.63. The van der Waals surface area contributed by atoms with Gasteiger partial charge in [-0.15, -0.1) is 0 Å². The summed E-state index contributed by atoms with van der Waals surface area (Å²) in [6, 6.07) is 7.73. The predicted molar refractivity (Wildman–Crippen MR) is 134 cm³/mol. The van der Waals surface area contributed by atoms with E-state index in [-0.39, 0.29) is 25.0 Å². The average Bonchev–Trinajstić information content (AvgIpc) is 3.31. The van der Waals surface area contributed by atoms with Crippen LogP contribution in [0.25, 0.3) is 11.0 Å². The standard InChI is InChI=1S/C22H26ClN7O5S/c23-15-3-1-14(2-4-15)17(6-12-36(24,34)35)28-20(31)22(29-21(32)33)7-10-30(11-8-22)19-16-5-9-25-18(16)26-13-27-19/h1-5,9,13,17,29H,6-8,10-12H2,(H,28,31)(H,32,33)(H2,24,34,35)(H,25,26,27). The third-order valence-electron chi connectivity index (χ3n) is 6.30. The third kappa shape index (κ3) is 5.86. The molecular formula is C22H26ClN7O5S. The Balaban J connectivity index is 1.55. The molecule has 12 nitrogen and oxygen atoms in total. The summed E-state index contributed by atoms with van der Waals surface area (Å²) in [5.74, 6) is -0.222. The maximum Gasteiger partial charge on any atom is 0.405 e. The van der Waals surface area contributed by atoms with E-state index < -0.39 is 33.6 Å². The summed E-state index contributed by atoms with van der Waals surface area (Å²) in [7, 11) is -3.79. The number of benzene rings is 1. The van der Waals surface area contributed by atoms with Gasteiger partial charge in [-0.1, -0.05) is 23.7 Å². The lowest BCUT2D eigenvalue weighted by atomic mass is 9.85. The monoisotopic (exact) mass is 535 g/mol. The van der Waals surface area contributed by atoms with Crippen LogP contribution in [0.4, 0.5) is 10.6 Å². The maximum atomic E-state index is 13.6. The Hall–Kier alpha value is -3.42. The number of fused-ring (bicyclic) bond motifs is 1. The summed E-state index contributed by atoms with van der Waals surface area (Å²) in [5.41, 5.74) is -0.118. The molecule has 4 rings (SSSR count). The number of nitrogens with zero attached hydrogens (tertiary/aromatic N) is 3. The molecule has 6 N–H and O–H groups in total. The van der Waals surface area contributed by atoms with Crippen molar-refractivity contribution in [2.75, 3.05) is 23.7 Å². The van der Waals surface area contributed by atoms with Gasteiger partial charge < -0.3 is 25.6 Å². The number of H-pyrrole nitrogens is 1. The lowest BCUT2D eigenvalue weighted by Gasteiger charge is -2.41. The molecule has 1 saturated heterocycles. The van der Waals surface area contributed by atoms with Crippen molar-refractivity contribution < 1.29 is 23.1 Å². The van der Waals surface area contributed by atoms with Crippen molar-refractivity contribution in [3.8, 4) is 0 Å². The highest BCUT2D eigenvalue weighted by Gasteiger charge is 2.44. The average molecular weight is 536 g/mol. The van der Waals surface area contributed by atoms with E-state index in [1.54, 1.807) is 30.5 Å². The van der Waals surface area contributed by atoms with E-state index in [0.717, 1.165) is 5.39 Å². The van der Waals surface area contributed by atoms with Crippen molar-refractivity contribution >= 4 is 50.5 Å². The highest BCUT2D eigenvalue weighted by atomic mass is 35.5. The van der Waals surface area contributed by atoms with Gasteiger partial charge in [0.15, 0.2) is 0 Å². The Labute approximate surface area is 212 Å². The number of carbonyl (C=O) groups is 2. The van der Waals surface area contributed by atoms with Gasteiger partial charge >= 0.3 is 6.09 Å². The molecule has 1 aromatic carbocycles. The second-order valence-electron chi connectivity index (χ2n) is 8.67. The molecule has 0 aliphatic carbocycles. The number of carbonyl (C=O) groups excluding carboxylic acids is 1. The second-order valence-corrected chi connectivity index (χ2v) is 10.8. The second kappa shape index (κ2) is 10.3. The van der Waals surface area contributed by atoms with Crippen LogP contribution in [0.5, 0.6) is 0 Å². The van der Waals surface area contributed by atoms with Gasteiger partial charge in [-0.05, 0) is 43.0 Å². The molecule has 14 heteroatoms. The first-order valence-corrected chi connectivity index (χ1v) is 13.3. The molecular weight excluding hydrogens is 510 g/mol. The first-order valence-electron chi connectivity index (χ1n) is 11.2. The lowest BCUT2D eigenvalue weighted by molar-refractivity contribution is -0.129. The number of aromatic nitrogens is 3. The van der Waals surface area contributed by atoms with Crippen LogP contribution in [0.2, 0.25) is 5.02 Å².